The summed E-state index contributed by atoms with van der Waals surface area (Å²) in [5.74, 6) is 0. The van der Waals surface area contributed by atoms with Crippen molar-refractivity contribution < 1.29 is 0 Å². The Balaban J connectivity index is 1.90. The molecular formula is C7H12N4. The Labute approximate surface area is 65.6 Å². The molecule has 4 nitrogen and oxygen atoms in total. The van der Waals surface area contributed by atoms with Crippen molar-refractivity contribution in [2.75, 3.05) is 13.1 Å². The molecule has 2 rings (SSSR count). The highest BCUT2D eigenvalue weighted by molar-refractivity contribution is 4.90. The molecule has 11 heavy (non-hydrogen) atoms. The van der Waals surface area contributed by atoms with Crippen LogP contribution >= 0.6 is 0 Å². The molecule has 0 bridgehead atoms. The van der Waals surface area contributed by atoms with Crippen LogP contribution in [0.15, 0.2) is 6.20 Å². The minimum Gasteiger partial charge on any atom is -0.297 e. The Bertz CT molecular complexity index is 200. The second-order valence-corrected chi connectivity index (χ2v) is 2.95. The molecule has 0 atom stereocenters. The zero-order chi connectivity index (χ0) is 7.52. The molecule has 1 aromatic rings. The first-order valence-corrected chi connectivity index (χ1v) is 4.03. The van der Waals surface area contributed by atoms with Crippen LogP contribution < -0.4 is 0 Å². The van der Waals surface area contributed by atoms with Gasteiger partial charge in [0, 0.05) is 12.7 Å². The Morgan fingerprint density at radius 3 is 2.91 bits per heavy atom. The molecule has 1 N–H and O–H groups in total. The van der Waals surface area contributed by atoms with E-state index in [1.165, 1.54) is 25.9 Å². The maximum Gasteiger partial charge on any atom is 0.0964 e. The average Bonchev–Trinajstić information content (AvgIpc) is 2.60. The zero-order valence-corrected chi connectivity index (χ0v) is 6.45. The van der Waals surface area contributed by atoms with Crippen molar-refractivity contribution in [3.63, 3.8) is 0 Å². The van der Waals surface area contributed by atoms with Crippen molar-refractivity contribution in [1.29, 1.82) is 0 Å². The second-order valence-electron chi connectivity index (χ2n) is 2.95. The van der Waals surface area contributed by atoms with E-state index in [4.69, 9.17) is 0 Å². The van der Waals surface area contributed by atoms with E-state index in [2.05, 4.69) is 20.3 Å². The van der Waals surface area contributed by atoms with Crippen LogP contribution in [0, 0.1) is 0 Å². The van der Waals surface area contributed by atoms with Crippen molar-refractivity contribution in [3.05, 3.63) is 11.9 Å². The van der Waals surface area contributed by atoms with Crippen molar-refractivity contribution in [2.45, 2.75) is 19.4 Å². The van der Waals surface area contributed by atoms with Crippen molar-refractivity contribution in [1.82, 2.24) is 20.3 Å². The largest absolute Gasteiger partial charge is 0.297 e. The van der Waals surface area contributed by atoms with Crippen LogP contribution in [0.25, 0.3) is 0 Å². The topological polar surface area (TPSA) is 44.8 Å². The molecule has 0 amide bonds. The maximum atomic E-state index is 3.93. The third-order valence-electron chi connectivity index (χ3n) is 2.05. The van der Waals surface area contributed by atoms with E-state index in [0.717, 1.165) is 12.2 Å². The highest BCUT2D eigenvalue weighted by atomic mass is 15.3. The van der Waals surface area contributed by atoms with Crippen LogP contribution in [0.4, 0.5) is 0 Å². The Hall–Kier alpha value is -0.900. The van der Waals surface area contributed by atoms with Gasteiger partial charge >= 0.3 is 0 Å². The zero-order valence-electron chi connectivity index (χ0n) is 6.45. The summed E-state index contributed by atoms with van der Waals surface area (Å²) in [6.45, 7) is 3.39. The molecule has 0 spiro atoms. The fourth-order valence-electron chi connectivity index (χ4n) is 1.47. The van der Waals surface area contributed by atoms with Crippen LogP contribution in [-0.4, -0.2) is 33.4 Å². The second kappa shape index (κ2) is 3.00. The predicted molar refractivity (Wildman–Crippen MR) is 40.9 cm³/mol. The number of hydrogen-bond donors (Lipinski definition) is 1. The molecule has 0 aliphatic carbocycles. The van der Waals surface area contributed by atoms with Crippen molar-refractivity contribution in [2.24, 2.45) is 0 Å². The summed E-state index contributed by atoms with van der Waals surface area (Å²) in [4.78, 5) is 2.40. The Morgan fingerprint density at radius 2 is 2.27 bits per heavy atom. The maximum absolute atomic E-state index is 3.93. The van der Waals surface area contributed by atoms with E-state index in [0.29, 0.717) is 0 Å². The number of aromatic amines is 1. The molecule has 1 aliphatic heterocycles. The third-order valence-corrected chi connectivity index (χ3v) is 2.05. The summed E-state index contributed by atoms with van der Waals surface area (Å²) < 4.78 is 0. The number of nitrogens with zero attached hydrogens (tertiary/aromatic N) is 3. The fraction of sp³-hybridized carbons (Fsp3) is 0.714. The quantitative estimate of drug-likeness (QED) is 0.667. The summed E-state index contributed by atoms with van der Waals surface area (Å²) in [6, 6.07) is 0. The van der Waals surface area contributed by atoms with Gasteiger partial charge in [-0.1, -0.05) is 5.21 Å². The molecule has 60 valence electrons. The van der Waals surface area contributed by atoms with E-state index in [1.807, 2.05) is 6.20 Å². The molecule has 4 heteroatoms. The average molecular weight is 152 g/mol. The first kappa shape index (κ1) is 6.79. The molecule has 0 saturated carbocycles. The lowest BCUT2D eigenvalue weighted by Gasteiger charge is -2.10. The molecule has 1 fully saturated rings. The number of hydrogen-bond acceptors (Lipinski definition) is 3. The SMILES string of the molecule is c1[nH]nnc1CN1CCCC1. The molecule has 2 heterocycles. The summed E-state index contributed by atoms with van der Waals surface area (Å²) in [5.41, 5.74) is 1.05. The Morgan fingerprint density at radius 1 is 1.45 bits per heavy atom. The minimum absolute atomic E-state index is 0.955. The molecule has 1 aliphatic rings. The molecular weight excluding hydrogens is 140 g/mol. The highest BCUT2D eigenvalue weighted by Crippen LogP contribution is 2.09. The van der Waals surface area contributed by atoms with E-state index < -0.39 is 0 Å². The lowest BCUT2D eigenvalue weighted by atomic mass is 10.4. The number of likely N-dealkylation sites (tertiary alicyclic amines) is 1. The number of nitrogens with one attached hydrogen (secondary N) is 1. The first-order chi connectivity index (χ1) is 5.45. The third kappa shape index (κ3) is 1.57. The molecule has 1 saturated heterocycles. The first-order valence-electron chi connectivity index (χ1n) is 4.03. The van der Waals surface area contributed by atoms with E-state index in [1.54, 1.807) is 0 Å². The van der Waals surface area contributed by atoms with Gasteiger partial charge in [-0.05, 0) is 25.9 Å². The fourth-order valence-corrected chi connectivity index (χ4v) is 1.47. The highest BCUT2D eigenvalue weighted by Gasteiger charge is 2.12. The van der Waals surface area contributed by atoms with Gasteiger partial charge in [0.15, 0.2) is 0 Å². The van der Waals surface area contributed by atoms with Crippen LogP contribution in [0.1, 0.15) is 18.5 Å². The number of rotatable bonds is 2. The van der Waals surface area contributed by atoms with Crippen LogP contribution in [0.2, 0.25) is 0 Å². The molecule has 0 unspecified atom stereocenters. The van der Waals surface area contributed by atoms with Gasteiger partial charge in [-0.3, -0.25) is 10.00 Å². The van der Waals surface area contributed by atoms with Gasteiger partial charge in [0.25, 0.3) is 0 Å². The lowest BCUT2D eigenvalue weighted by molar-refractivity contribution is 0.327. The number of H-pyrrole nitrogens is 1. The van der Waals surface area contributed by atoms with E-state index in [9.17, 15) is 0 Å². The smallest absolute Gasteiger partial charge is 0.0964 e. The molecule has 0 radical (unpaired) electrons. The van der Waals surface area contributed by atoms with Crippen molar-refractivity contribution >= 4 is 0 Å². The van der Waals surface area contributed by atoms with Gasteiger partial charge in [0.2, 0.25) is 0 Å². The lowest BCUT2D eigenvalue weighted by Crippen LogP contribution is -2.18. The van der Waals surface area contributed by atoms with E-state index in [-0.39, 0.29) is 0 Å². The summed E-state index contributed by atoms with van der Waals surface area (Å²) in [7, 11) is 0. The van der Waals surface area contributed by atoms with Crippen LogP contribution in [0.3, 0.4) is 0 Å². The van der Waals surface area contributed by atoms with Crippen LogP contribution in [0.5, 0.6) is 0 Å². The van der Waals surface area contributed by atoms with Crippen LogP contribution in [-0.2, 0) is 6.54 Å². The standard InChI is InChI=1S/C7H12N4/c1-2-4-11(3-1)6-7-5-8-10-9-7/h5H,1-4,6H2,(H,8,9,10). The Kier molecular flexibility index (Phi) is 1.85. The number of aromatic nitrogens is 3. The summed E-state index contributed by atoms with van der Waals surface area (Å²) >= 11 is 0. The van der Waals surface area contributed by atoms with Gasteiger partial charge in [0.05, 0.1) is 5.69 Å². The van der Waals surface area contributed by atoms with Gasteiger partial charge < -0.3 is 0 Å². The minimum atomic E-state index is 0.955. The molecule has 0 aromatic carbocycles. The van der Waals surface area contributed by atoms with Gasteiger partial charge in [-0.25, -0.2) is 0 Å². The normalized spacial score (nSPS) is 19.3. The summed E-state index contributed by atoms with van der Waals surface area (Å²) in [6.07, 6.45) is 4.52. The van der Waals surface area contributed by atoms with Gasteiger partial charge in [-0.2, -0.15) is 0 Å². The summed E-state index contributed by atoms with van der Waals surface area (Å²) in [5, 5.41) is 10.3. The monoisotopic (exact) mass is 152 g/mol. The predicted octanol–water partition coefficient (Wildman–Crippen LogP) is 0.401. The van der Waals surface area contributed by atoms with Gasteiger partial charge in [-0.15, -0.1) is 5.10 Å². The van der Waals surface area contributed by atoms with Gasteiger partial charge in [0.1, 0.15) is 0 Å². The molecule has 1 aromatic heterocycles. The van der Waals surface area contributed by atoms with E-state index >= 15 is 0 Å². The van der Waals surface area contributed by atoms with Crippen molar-refractivity contribution in [3.8, 4) is 0 Å².